The van der Waals surface area contributed by atoms with Crippen molar-refractivity contribution in [2.24, 2.45) is 12.0 Å². The van der Waals surface area contributed by atoms with Gasteiger partial charge in [0.1, 0.15) is 12.4 Å². The highest BCUT2D eigenvalue weighted by Crippen LogP contribution is 2.17. The molecule has 1 heterocycles. The van der Waals surface area contributed by atoms with Crippen molar-refractivity contribution in [3.63, 3.8) is 0 Å². The molecule has 130 valence electrons. The number of guanidine groups is 1. The first-order valence-electron chi connectivity index (χ1n) is 7.47. The number of aliphatic imine (C=N–C) groups is 1. The van der Waals surface area contributed by atoms with Crippen LogP contribution in [0.25, 0.3) is 0 Å². The molecule has 0 atom stereocenters. The lowest BCUT2D eigenvalue weighted by Gasteiger charge is -2.14. The molecule has 0 aliphatic rings. The van der Waals surface area contributed by atoms with Crippen molar-refractivity contribution in [2.75, 3.05) is 13.7 Å². The molecule has 1 aromatic carbocycles. The van der Waals surface area contributed by atoms with Gasteiger partial charge in [0, 0.05) is 32.4 Å². The third-order valence-corrected chi connectivity index (χ3v) is 3.36. The van der Waals surface area contributed by atoms with Crippen molar-refractivity contribution >= 4 is 29.9 Å². The zero-order valence-electron chi connectivity index (χ0n) is 14.0. The number of hydrogen-bond donors (Lipinski definition) is 2. The van der Waals surface area contributed by atoms with E-state index in [4.69, 9.17) is 4.74 Å². The fourth-order valence-corrected chi connectivity index (χ4v) is 2.09. The van der Waals surface area contributed by atoms with E-state index < -0.39 is 0 Å². The zero-order valence-corrected chi connectivity index (χ0v) is 16.4. The molecule has 0 saturated carbocycles. The Morgan fingerprint density at radius 1 is 1.29 bits per heavy atom. The molecule has 0 bridgehead atoms. The van der Waals surface area contributed by atoms with E-state index in [0.29, 0.717) is 19.7 Å². The van der Waals surface area contributed by atoms with Gasteiger partial charge >= 0.3 is 0 Å². The normalized spacial score (nSPS) is 10.7. The fraction of sp³-hybridized carbons (Fsp3) is 0.294. The number of nitrogens with one attached hydrogen (secondary N) is 2. The summed E-state index contributed by atoms with van der Waals surface area (Å²) in [5, 5.41) is 10.7. The molecule has 7 heteroatoms. The first kappa shape index (κ1) is 20.0. The number of aryl methyl sites for hydroxylation is 1. The van der Waals surface area contributed by atoms with Gasteiger partial charge in [-0.2, -0.15) is 5.10 Å². The number of rotatable bonds is 7. The summed E-state index contributed by atoms with van der Waals surface area (Å²) in [6, 6.07) is 9.89. The maximum Gasteiger partial charge on any atom is 0.191 e. The molecule has 24 heavy (non-hydrogen) atoms. The van der Waals surface area contributed by atoms with E-state index in [1.807, 2.05) is 42.1 Å². The second-order valence-corrected chi connectivity index (χ2v) is 4.93. The van der Waals surface area contributed by atoms with Crippen LogP contribution in [0.2, 0.25) is 0 Å². The quantitative estimate of drug-likeness (QED) is 0.300. The second-order valence-electron chi connectivity index (χ2n) is 4.93. The fourth-order valence-electron chi connectivity index (χ4n) is 2.09. The van der Waals surface area contributed by atoms with Crippen molar-refractivity contribution in [3.8, 4) is 5.75 Å². The lowest BCUT2D eigenvalue weighted by molar-refractivity contribution is 0.358. The van der Waals surface area contributed by atoms with Gasteiger partial charge in [-0.15, -0.1) is 24.0 Å². The molecule has 2 rings (SSSR count). The number of nitrogens with zero attached hydrogens (tertiary/aromatic N) is 3. The third-order valence-electron chi connectivity index (χ3n) is 3.36. The van der Waals surface area contributed by atoms with Crippen LogP contribution in [0.3, 0.4) is 0 Å². The van der Waals surface area contributed by atoms with Gasteiger partial charge in [0.05, 0.1) is 12.2 Å². The van der Waals surface area contributed by atoms with E-state index in [9.17, 15) is 0 Å². The number of para-hydroxylation sites is 1. The molecule has 0 amide bonds. The topological polar surface area (TPSA) is 63.5 Å². The predicted octanol–water partition coefficient (Wildman–Crippen LogP) is 2.47. The summed E-state index contributed by atoms with van der Waals surface area (Å²) in [5.74, 6) is 1.58. The lowest BCUT2D eigenvalue weighted by Crippen LogP contribution is -2.36. The molecule has 0 radical (unpaired) electrons. The Kier molecular flexibility index (Phi) is 8.92. The van der Waals surface area contributed by atoms with Crippen molar-refractivity contribution in [1.29, 1.82) is 0 Å². The highest BCUT2D eigenvalue weighted by Gasteiger charge is 2.05. The van der Waals surface area contributed by atoms with Crippen LogP contribution in [0.4, 0.5) is 0 Å². The van der Waals surface area contributed by atoms with Gasteiger partial charge < -0.3 is 15.4 Å². The average molecular weight is 441 g/mol. The zero-order chi connectivity index (χ0) is 16.5. The van der Waals surface area contributed by atoms with E-state index in [1.165, 1.54) is 0 Å². The summed E-state index contributed by atoms with van der Waals surface area (Å²) >= 11 is 0. The van der Waals surface area contributed by atoms with Crippen LogP contribution in [0.1, 0.15) is 11.3 Å². The number of benzene rings is 1. The second kappa shape index (κ2) is 10.7. The van der Waals surface area contributed by atoms with E-state index in [-0.39, 0.29) is 24.0 Å². The molecule has 0 aliphatic heterocycles. The first-order valence-corrected chi connectivity index (χ1v) is 7.47. The van der Waals surface area contributed by atoms with Gasteiger partial charge in [-0.05, 0) is 12.1 Å². The summed E-state index contributed by atoms with van der Waals surface area (Å²) in [4.78, 5) is 4.23. The summed E-state index contributed by atoms with van der Waals surface area (Å²) in [6.45, 7) is 5.44. The van der Waals surface area contributed by atoms with E-state index >= 15 is 0 Å². The molecule has 6 nitrogen and oxygen atoms in total. The molecular weight excluding hydrogens is 417 g/mol. The van der Waals surface area contributed by atoms with E-state index in [2.05, 4.69) is 27.3 Å². The van der Waals surface area contributed by atoms with Crippen LogP contribution in [-0.4, -0.2) is 29.4 Å². The summed E-state index contributed by atoms with van der Waals surface area (Å²) in [5.41, 5.74) is 2.15. The Balaban J connectivity index is 0.00000288. The minimum absolute atomic E-state index is 0. The summed E-state index contributed by atoms with van der Waals surface area (Å²) < 4.78 is 7.49. The van der Waals surface area contributed by atoms with Crippen LogP contribution < -0.4 is 15.4 Å². The van der Waals surface area contributed by atoms with E-state index in [0.717, 1.165) is 23.0 Å². The van der Waals surface area contributed by atoms with Gasteiger partial charge in [-0.1, -0.05) is 30.9 Å². The molecule has 0 aliphatic carbocycles. The first-order chi connectivity index (χ1) is 11.2. The molecule has 0 fully saturated rings. The highest BCUT2D eigenvalue weighted by molar-refractivity contribution is 14.0. The lowest BCUT2D eigenvalue weighted by atomic mass is 10.2. The maximum atomic E-state index is 5.66. The number of aromatic nitrogens is 2. The van der Waals surface area contributed by atoms with E-state index in [1.54, 1.807) is 19.3 Å². The third kappa shape index (κ3) is 5.88. The Labute approximate surface area is 160 Å². The molecule has 0 unspecified atom stereocenters. The number of ether oxygens (including phenoxy) is 1. The summed E-state index contributed by atoms with van der Waals surface area (Å²) in [6.07, 6.45) is 3.51. The highest BCUT2D eigenvalue weighted by atomic mass is 127. The summed E-state index contributed by atoms with van der Waals surface area (Å²) in [7, 11) is 3.67. The molecule has 2 aromatic rings. The van der Waals surface area contributed by atoms with Gasteiger partial charge in [-0.25, -0.2) is 0 Å². The number of hydrogen-bond acceptors (Lipinski definition) is 3. The number of halogens is 1. The van der Waals surface area contributed by atoms with Gasteiger partial charge in [0.2, 0.25) is 0 Å². The Morgan fingerprint density at radius 2 is 2.04 bits per heavy atom. The van der Waals surface area contributed by atoms with Crippen LogP contribution in [0, 0.1) is 0 Å². The minimum Gasteiger partial charge on any atom is -0.489 e. The molecule has 0 spiro atoms. The monoisotopic (exact) mass is 441 g/mol. The van der Waals surface area contributed by atoms with Gasteiger partial charge in [-0.3, -0.25) is 9.67 Å². The van der Waals surface area contributed by atoms with Crippen molar-refractivity contribution in [3.05, 3.63) is 60.4 Å². The van der Waals surface area contributed by atoms with Crippen LogP contribution >= 0.6 is 24.0 Å². The molecule has 2 N–H and O–H groups in total. The smallest absolute Gasteiger partial charge is 0.191 e. The van der Waals surface area contributed by atoms with Gasteiger partial charge in [0.25, 0.3) is 0 Å². The van der Waals surface area contributed by atoms with Gasteiger partial charge in [0.15, 0.2) is 5.96 Å². The maximum absolute atomic E-state index is 5.66. The SMILES string of the molecule is C=CCOc1ccccc1CNC(=NC)NCc1ccnn1C.I. The largest absolute Gasteiger partial charge is 0.489 e. The molecule has 1 aromatic heterocycles. The Morgan fingerprint density at radius 3 is 2.71 bits per heavy atom. The molecular formula is C17H24IN5O. The van der Waals surface area contributed by atoms with Crippen molar-refractivity contribution in [2.45, 2.75) is 13.1 Å². The predicted molar refractivity (Wildman–Crippen MR) is 108 cm³/mol. The average Bonchev–Trinajstić information content (AvgIpc) is 2.99. The Hall–Kier alpha value is -2.03. The van der Waals surface area contributed by atoms with Crippen LogP contribution in [0.15, 0.2) is 54.2 Å². The molecule has 0 saturated heterocycles. The van der Waals surface area contributed by atoms with Crippen molar-refractivity contribution < 1.29 is 4.74 Å². The van der Waals surface area contributed by atoms with Crippen LogP contribution in [0.5, 0.6) is 5.75 Å². The standard InChI is InChI=1S/C17H23N5O.HI/c1-4-11-23-16-8-6-5-7-14(16)12-19-17(18-2)20-13-15-9-10-21-22(15)3;/h4-10H,1,11-13H2,2-3H3,(H2,18,19,20);1H. The Bertz CT molecular complexity index is 669. The van der Waals surface area contributed by atoms with Crippen molar-refractivity contribution in [1.82, 2.24) is 20.4 Å². The minimum atomic E-state index is 0. The van der Waals surface area contributed by atoms with Crippen LogP contribution in [-0.2, 0) is 20.1 Å².